The summed E-state index contributed by atoms with van der Waals surface area (Å²) in [5, 5.41) is 5.16. The van der Waals surface area contributed by atoms with Gasteiger partial charge in [-0.2, -0.15) is 0 Å². The van der Waals surface area contributed by atoms with E-state index < -0.39 is 0 Å². The Hall–Kier alpha value is -3.45. The number of anilines is 1. The minimum atomic E-state index is -0.262. The first-order valence-electron chi connectivity index (χ1n) is 10.2. The molecular formula is C23H23N5O2. The van der Waals surface area contributed by atoms with Gasteiger partial charge in [-0.15, -0.1) is 0 Å². The molecule has 0 spiro atoms. The number of aromatic amines is 2. The lowest BCUT2D eigenvalue weighted by Gasteiger charge is -2.19. The van der Waals surface area contributed by atoms with Crippen LogP contribution in [0.4, 0.5) is 5.82 Å². The van der Waals surface area contributed by atoms with Crippen molar-refractivity contribution in [3.05, 3.63) is 70.4 Å². The van der Waals surface area contributed by atoms with Crippen LogP contribution < -0.4 is 10.9 Å². The highest BCUT2D eigenvalue weighted by atomic mass is 16.1. The average Bonchev–Trinajstić information content (AvgIpc) is 3.33. The topological polar surface area (TPSA) is 93.9 Å². The molecule has 1 atom stereocenters. The molecule has 4 heterocycles. The summed E-state index contributed by atoms with van der Waals surface area (Å²) in [5.41, 5.74) is 2.42. The lowest BCUT2D eigenvalue weighted by Crippen LogP contribution is -2.26. The zero-order valence-electron chi connectivity index (χ0n) is 16.7. The summed E-state index contributed by atoms with van der Waals surface area (Å²) in [7, 11) is 0. The van der Waals surface area contributed by atoms with E-state index in [1.807, 2.05) is 6.07 Å². The van der Waals surface area contributed by atoms with Crippen molar-refractivity contribution in [2.24, 2.45) is 0 Å². The van der Waals surface area contributed by atoms with Crippen LogP contribution in [0.5, 0.6) is 0 Å². The summed E-state index contributed by atoms with van der Waals surface area (Å²) in [6, 6.07) is 11.4. The van der Waals surface area contributed by atoms with E-state index in [1.54, 1.807) is 36.7 Å². The maximum Gasteiger partial charge on any atom is 0.256 e. The van der Waals surface area contributed by atoms with Crippen molar-refractivity contribution < 1.29 is 4.79 Å². The number of pyridine rings is 2. The number of nitrogens with zero attached hydrogens (tertiary/aromatic N) is 2. The van der Waals surface area contributed by atoms with E-state index in [0.717, 1.165) is 35.1 Å². The molecule has 30 heavy (non-hydrogen) atoms. The van der Waals surface area contributed by atoms with E-state index in [1.165, 1.54) is 12.8 Å². The fourth-order valence-corrected chi connectivity index (χ4v) is 4.21. The first kappa shape index (κ1) is 18.6. The molecule has 4 aromatic rings. The summed E-state index contributed by atoms with van der Waals surface area (Å²) in [6.07, 6.45) is 5.86. The van der Waals surface area contributed by atoms with Crippen molar-refractivity contribution in [1.29, 1.82) is 0 Å². The minimum Gasteiger partial charge on any atom is -0.357 e. The molecule has 7 nitrogen and oxygen atoms in total. The molecule has 0 saturated carbocycles. The number of H-pyrrole nitrogens is 2. The number of carbonyl (C=O) groups excluding carboxylic acids is 1. The van der Waals surface area contributed by atoms with E-state index in [2.05, 4.69) is 38.2 Å². The molecule has 0 bridgehead atoms. The summed E-state index contributed by atoms with van der Waals surface area (Å²) < 4.78 is 0. The van der Waals surface area contributed by atoms with Gasteiger partial charge in [0, 0.05) is 53.1 Å². The van der Waals surface area contributed by atoms with Gasteiger partial charge in [-0.05, 0) is 62.0 Å². The molecule has 1 fully saturated rings. The van der Waals surface area contributed by atoms with Gasteiger partial charge in [-0.25, -0.2) is 4.98 Å². The lowest BCUT2D eigenvalue weighted by molar-refractivity contribution is 0.102. The number of hydrogen-bond donors (Lipinski definition) is 3. The molecule has 7 heteroatoms. The first-order valence-corrected chi connectivity index (χ1v) is 10.2. The standard InChI is InChI=1S/C23H23N5O2/c1-14-3-2-8-28(14)13-18-10-17-12-25-21(11-20(17)26-18)27-22(29)16-4-5-19-15(9-16)6-7-24-23(19)30/h4-7,9-12,14,26H,2-3,8,13H2,1H3,(H,24,30)(H,25,27,29)/t14-/m0/s1. The Bertz CT molecular complexity index is 1310. The van der Waals surface area contributed by atoms with Crippen molar-refractivity contribution in [2.75, 3.05) is 11.9 Å². The molecule has 1 aliphatic rings. The summed E-state index contributed by atoms with van der Waals surface area (Å²) in [5.74, 6) is 0.225. The van der Waals surface area contributed by atoms with Crippen molar-refractivity contribution in [3.8, 4) is 0 Å². The van der Waals surface area contributed by atoms with Crippen LogP contribution in [-0.2, 0) is 6.54 Å². The van der Waals surface area contributed by atoms with Gasteiger partial charge in [0.1, 0.15) is 5.82 Å². The quantitative estimate of drug-likeness (QED) is 0.487. The monoisotopic (exact) mass is 401 g/mol. The normalized spacial score (nSPS) is 17.0. The highest BCUT2D eigenvalue weighted by Gasteiger charge is 2.20. The van der Waals surface area contributed by atoms with E-state index >= 15 is 0 Å². The predicted octanol–water partition coefficient (Wildman–Crippen LogP) is 3.64. The lowest BCUT2D eigenvalue weighted by atomic mass is 10.1. The number of carbonyl (C=O) groups is 1. The minimum absolute atomic E-state index is 0.169. The van der Waals surface area contributed by atoms with Crippen LogP contribution in [-0.4, -0.2) is 38.3 Å². The highest BCUT2D eigenvalue weighted by Crippen LogP contribution is 2.23. The molecular weight excluding hydrogens is 378 g/mol. The number of benzene rings is 1. The van der Waals surface area contributed by atoms with Crippen molar-refractivity contribution in [2.45, 2.75) is 32.4 Å². The zero-order valence-corrected chi connectivity index (χ0v) is 16.7. The van der Waals surface area contributed by atoms with Gasteiger partial charge < -0.3 is 15.3 Å². The first-order chi connectivity index (χ1) is 14.6. The molecule has 3 N–H and O–H groups in total. The molecule has 3 aromatic heterocycles. The van der Waals surface area contributed by atoms with Gasteiger partial charge in [0.25, 0.3) is 11.5 Å². The summed E-state index contributed by atoms with van der Waals surface area (Å²) >= 11 is 0. The van der Waals surface area contributed by atoms with Gasteiger partial charge in [-0.1, -0.05) is 0 Å². The van der Waals surface area contributed by atoms with Gasteiger partial charge in [0.05, 0.1) is 5.52 Å². The molecule has 5 rings (SSSR count). The van der Waals surface area contributed by atoms with Crippen molar-refractivity contribution in [3.63, 3.8) is 0 Å². The van der Waals surface area contributed by atoms with E-state index in [0.29, 0.717) is 22.8 Å². The van der Waals surface area contributed by atoms with Crippen LogP contribution in [0.2, 0.25) is 0 Å². The Morgan fingerprint density at radius 2 is 2.13 bits per heavy atom. The predicted molar refractivity (Wildman–Crippen MR) is 118 cm³/mol. The fraction of sp³-hybridized carbons (Fsp3) is 0.261. The highest BCUT2D eigenvalue weighted by molar-refractivity contribution is 6.06. The molecule has 1 aliphatic heterocycles. The molecule has 152 valence electrons. The summed E-state index contributed by atoms with van der Waals surface area (Å²) in [6.45, 7) is 4.30. The number of amides is 1. The number of nitrogens with one attached hydrogen (secondary N) is 3. The van der Waals surface area contributed by atoms with Crippen LogP contribution in [0, 0.1) is 0 Å². The molecule has 1 saturated heterocycles. The fourth-order valence-electron chi connectivity index (χ4n) is 4.21. The molecule has 0 radical (unpaired) electrons. The third kappa shape index (κ3) is 3.48. The maximum absolute atomic E-state index is 12.7. The van der Waals surface area contributed by atoms with Gasteiger partial charge in [-0.3, -0.25) is 14.5 Å². The van der Waals surface area contributed by atoms with Gasteiger partial charge in [0.2, 0.25) is 0 Å². The van der Waals surface area contributed by atoms with Gasteiger partial charge >= 0.3 is 0 Å². The van der Waals surface area contributed by atoms with E-state index in [4.69, 9.17) is 0 Å². The van der Waals surface area contributed by atoms with Crippen LogP contribution in [0.3, 0.4) is 0 Å². The Balaban J connectivity index is 1.36. The molecule has 0 aliphatic carbocycles. The maximum atomic E-state index is 12.7. The Labute approximate surface area is 173 Å². The number of fused-ring (bicyclic) bond motifs is 2. The molecule has 1 amide bonds. The zero-order chi connectivity index (χ0) is 20.7. The Morgan fingerprint density at radius 3 is 2.97 bits per heavy atom. The van der Waals surface area contributed by atoms with Crippen LogP contribution in [0.1, 0.15) is 35.8 Å². The third-order valence-electron chi connectivity index (χ3n) is 5.90. The molecule has 0 unspecified atom stereocenters. The second kappa shape index (κ2) is 7.42. The number of likely N-dealkylation sites (tertiary alicyclic amines) is 1. The smallest absolute Gasteiger partial charge is 0.256 e. The van der Waals surface area contributed by atoms with Gasteiger partial charge in [0.15, 0.2) is 0 Å². The number of rotatable bonds is 4. The summed E-state index contributed by atoms with van der Waals surface area (Å²) in [4.78, 5) is 37.5. The molecule has 1 aromatic carbocycles. The van der Waals surface area contributed by atoms with E-state index in [9.17, 15) is 9.59 Å². The number of hydrogen-bond acceptors (Lipinski definition) is 4. The van der Waals surface area contributed by atoms with Crippen molar-refractivity contribution in [1.82, 2.24) is 19.9 Å². The van der Waals surface area contributed by atoms with Crippen LogP contribution in [0.25, 0.3) is 21.7 Å². The SMILES string of the molecule is C[C@H]1CCCN1Cc1cc2cnc(NC(=O)c3ccc4c(=O)[nH]ccc4c3)cc2[nH]1. The largest absolute Gasteiger partial charge is 0.357 e. The van der Waals surface area contributed by atoms with Crippen LogP contribution >= 0.6 is 0 Å². The third-order valence-corrected chi connectivity index (χ3v) is 5.90. The average molecular weight is 401 g/mol. The Morgan fingerprint density at radius 1 is 1.23 bits per heavy atom. The number of aromatic nitrogens is 3. The van der Waals surface area contributed by atoms with Crippen molar-refractivity contribution >= 4 is 33.4 Å². The second-order valence-electron chi connectivity index (χ2n) is 7.98. The Kier molecular flexibility index (Phi) is 4.59. The van der Waals surface area contributed by atoms with Crippen LogP contribution in [0.15, 0.2) is 53.6 Å². The second-order valence-corrected chi connectivity index (χ2v) is 7.98. The van der Waals surface area contributed by atoms with E-state index in [-0.39, 0.29) is 11.5 Å².